The van der Waals surface area contributed by atoms with Gasteiger partial charge >= 0.3 is 12.0 Å². The van der Waals surface area contributed by atoms with Crippen LogP contribution in [0.1, 0.15) is 23.1 Å². The molecule has 0 aliphatic carbocycles. The minimum atomic E-state index is -1.11. The summed E-state index contributed by atoms with van der Waals surface area (Å²) in [6.07, 6.45) is -0.418. The summed E-state index contributed by atoms with van der Waals surface area (Å²) >= 11 is 0. The lowest BCUT2D eigenvalue weighted by Gasteiger charge is -2.31. The summed E-state index contributed by atoms with van der Waals surface area (Å²) < 4.78 is 10.8. The van der Waals surface area contributed by atoms with Crippen LogP contribution in [0.5, 0.6) is 11.5 Å². The van der Waals surface area contributed by atoms with Gasteiger partial charge in [-0.2, -0.15) is 0 Å². The number of methoxy groups -OCH3 is 2. The Morgan fingerprint density at radius 1 is 0.820 bits per heavy atom. The van der Waals surface area contributed by atoms with Crippen LogP contribution in [0, 0.1) is 6.92 Å². The van der Waals surface area contributed by atoms with Gasteiger partial charge in [-0.15, -0.1) is 0 Å². The molecule has 1 fully saturated rings. The molecule has 14 nitrogen and oxygen atoms in total. The van der Waals surface area contributed by atoms with Crippen molar-refractivity contribution in [3.8, 4) is 11.5 Å². The number of para-hydroxylation sites is 1. The highest BCUT2D eigenvalue weighted by molar-refractivity contribution is 6.00. The maximum absolute atomic E-state index is 13.8. The first kappa shape index (κ1) is 37.2. The molecule has 4 rings (SSSR count). The Balaban J connectivity index is 1.49. The molecule has 0 saturated carbocycles. The highest BCUT2D eigenvalue weighted by atomic mass is 16.5. The molecular weight excluding hydrogens is 644 g/mol. The van der Waals surface area contributed by atoms with Gasteiger partial charge in [-0.25, -0.2) is 4.79 Å². The lowest BCUT2D eigenvalue weighted by Crippen LogP contribution is -2.52. The van der Waals surface area contributed by atoms with Gasteiger partial charge in [0.05, 0.1) is 33.6 Å². The number of urea groups is 1. The number of benzene rings is 3. The van der Waals surface area contributed by atoms with E-state index in [4.69, 9.17) is 9.47 Å². The number of amides is 5. The average molecular weight is 689 g/mol. The van der Waals surface area contributed by atoms with Gasteiger partial charge < -0.3 is 45.2 Å². The maximum atomic E-state index is 13.8. The van der Waals surface area contributed by atoms with Crippen molar-refractivity contribution in [1.29, 1.82) is 0 Å². The molecule has 0 radical (unpaired) electrons. The monoisotopic (exact) mass is 688 g/mol. The maximum Gasteiger partial charge on any atom is 0.323 e. The molecule has 5 amide bonds. The van der Waals surface area contributed by atoms with E-state index in [9.17, 15) is 29.1 Å². The van der Waals surface area contributed by atoms with E-state index >= 15 is 0 Å². The fourth-order valence-electron chi connectivity index (χ4n) is 5.39. The number of nitrogens with zero attached hydrogens (tertiary/aromatic N) is 3. The number of aryl methyl sites for hydroxylation is 1. The van der Waals surface area contributed by atoms with Gasteiger partial charge in [0.25, 0.3) is 0 Å². The zero-order valence-corrected chi connectivity index (χ0v) is 28.6. The van der Waals surface area contributed by atoms with Crippen LogP contribution >= 0.6 is 0 Å². The lowest BCUT2D eigenvalue weighted by molar-refractivity contribution is -0.146. The molecule has 3 aromatic rings. The largest absolute Gasteiger partial charge is 0.493 e. The Bertz CT molecular complexity index is 1660. The van der Waals surface area contributed by atoms with Crippen molar-refractivity contribution in [2.24, 2.45) is 0 Å². The third kappa shape index (κ3) is 11.0. The number of hydrogen-bond acceptors (Lipinski definition) is 8. The number of carbonyl (C=O) groups is 5. The zero-order chi connectivity index (χ0) is 36.0. The summed E-state index contributed by atoms with van der Waals surface area (Å²) in [6, 6.07) is 18.9. The lowest BCUT2D eigenvalue weighted by atomic mass is 10.1. The summed E-state index contributed by atoms with van der Waals surface area (Å²) in [5.41, 5.74) is 3.43. The molecule has 0 atom stereocenters. The van der Waals surface area contributed by atoms with Crippen LogP contribution in [0.15, 0.2) is 66.7 Å². The minimum absolute atomic E-state index is 0.0299. The number of ether oxygens (including phenoxy) is 2. The van der Waals surface area contributed by atoms with Gasteiger partial charge in [-0.3, -0.25) is 19.2 Å². The third-order valence-electron chi connectivity index (χ3n) is 8.20. The van der Waals surface area contributed by atoms with E-state index in [0.29, 0.717) is 60.2 Å². The number of anilines is 2. The van der Waals surface area contributed by atoms with Crippen molar-refractivity contribution in [3.63, 3.8) is 0 Å². The number of nitrogens with one attached hydrogen (secondary N) is 3. The molecule has 0 bridgehead atoms. The van der Waals surface area contributed by atoms with Gasteiger partial charge in [0, 0.05) is 50.6 Å². The number of aliphatic carboxylic acids is 1. The summed E-state index contributed by atoms with van der Waals surface area (Å²) in [7, 11) is 3.01. The molecule has 0 aromatic heterocycles. The van der Waals surface area contributed by atoms with Gasteiger partial charge in [0.1, 0.15) is 6.54 Å². The molecular formula is C36H44N6O8. The van der Waals surface area contributed by atoms with Crippen molar-refractivity contribution >= 4 is 41.1 Å². The van der Waals surface area contributed by atoms with E-state index in [1.807, 2.05) is 25.1 Å². The Labute approximate surface area is 291 Å². The van der Waals surface area contributed by atoms with Gasteiger partial charge in [-0.1, -0.05) is 36.4 Å². The number of rotatable bonds is 15. The smallest absolute Gasteiger partial charge is 0.323 e. The molecule has 0 spiro atoms. The molecule has 4 N–H and O–H groups in total. The summed E-state index contributed by atoms with van der Waals surface area (Å²) in [6.45, 7) is 3.27. The van der Waals surface area contributed by atoms with Crippen LogP contribution in [-0.4, -0.2) is 110 Å². The standard InChI is InChI=1S/C36H44N6O8/c1-25-6-4-5-7-29(25)39-36(48)38-28-11-8-26(9-12-28)21-32(43)42(22-27-10-13-30(49-2)31(20-27)50-3)24-34(45)41(17-14-35(46)47)23-33(44)40-18-15-37-16-19-40/h4-13,20,37H,14-19,21-24H2,1-3H3,(H,46,47)(H2,38,39,48). The van der Waals surface area contributed by atoms with Crippen LogP contribution in [0.3, 0.4) is 0 Å². The van der Waals surface area contributed by atoms with Crippen molar-refractivity contribution in [3.05, 3.63) is 83.4 Å². The highest BCUT2D eigenvalue weighted by Crippen LogP contribution is 2.28. The Morgan fingerprint density at radius 2 is 1.50 bits per heavy atom. The second-order valence-electron chi connectivity index (χ2n) is 11.8. The Kier molecular flexibility index (Phi) is 13.6. The topological polar surface area (TPSA) is 170 Å². The van der Waals surface area contributed by atoms with E-state index in [0.717, 1.165) is 5.56 Å². The van der Waals surface area contributed by atoms with Gasteiger partial charge in [0.15, 0.2) is 11.5 Å². The SMILES string of the molecule is COc1ccc(CN(CC(=O)N(CCC(=O)O)CC(=O)N2CCNCC2)C(=O)Cc2ccc(NC(=O)Nc3ccccc3C)cc2)cc1OC. The van der Waals surface area contributed by atoms with Crippen LogP contribution in [0.25, 0.3) is 0 Å². The molecule has 0 unspecified atom stereocenters. The summed E-state index contributed by atoms with van der Waals surface area (Å²) in [5, 5.41) is 18.1. The predicted molar refractivity (Wildman–Crippen MR) is 187 cm³/mol. The van der Waals surface area contributed by atoms with E-state index in [1.54, 1.807) is 53.4 Å². The number of carboxylic acids is 1. The normalized spacial score (nSPS) is 12.4. The molecule has 1 heterocycles. The number of hydrogen-bond donors (Lipinski definition) is 4. The quantitative estimate of drug-likeness (QED) is 0.188. The van der Waals surface area contributed by atoms with Crippen molar-refractivity contribution < 1.29 is 38.6 Å². The molecule has 266 valence electrons. The number of carboxylic acid groups (broad SMARTS) is 1. The first-order valence-electron chi connectivity index (χ1n) is 16.3. The molecule has 1 aliphatic rings. The van der Waals surface area contributed by atoms with E-state index < -0.39 is 17.9 Å². The molecule has 14 heteroatoms. The molecule has 1 aliphatic heterocycles. The summed E-state index contributed by atoms with van der Waals surface area (Å²) in [4.78, 5) is 68.8. The second-order valence-corrected chi connectivity index (χ2v) is 11.8. The first-order valence-corrected chi connectivity index (χ1v) is 16.3. The van der Waals surface area contributed by atoms with E-state index in [2.05, 4.69) is 16.0 Å². The third-order valence-corrected chi connectivity index (χ3v) is 8.20. The second kappa shape index (κ2) is 18.2. The fraction of sp³-hybridized carbons (Fsp3) is 0.361. The van der Waals surface area contributed by atoms with Crippen LogP contribution in [-0.2, 0) is 32.1 Å². The van der Waals surface area contributed by atoms with Crippen molar-refractivity contribution in [1.82, 2.24) is 20.0 Å². The van der Waals surface area contributed by atoms with Gasteiger partial charge in [0.2, 0.25) is 17.7 Å². The molecule has 1 saturated heterocycles. The molecule has 50 heavy (non-hydrogen) atoms. The number of piperazine rings is 1. The Morgan fingerprint density at radius 3 is 2.16 bits per heavy atom. The first-order chi connectivity index (χ1) is 24.1. The van der Waals surface area contributed by atoms with Crippen molar-refractivity contribution in [2.45, 2.75) is 26.3 Å². The van der Waals surface area contributed by atoms with E-state index in [-0.39, 0.29) is 50.8 Å². The van der Waals surface area contributed by atoms with Crippen LogP contribution in [0.2, 0.25) is 0 Å². The van der Waals surface area contributed by atoms with Crippen molar-refractivity contribution in [2.75, 3.05) is 70.7 Å². The fourth-order valence-corrected chi connectivity index (χ4v) is 5.39. The summed E-state index contributed by atoms with van der Waals surface area (Å²) in [5.74, 6) is -1.38. The minimum Gasteiger partial charge on any atom is -0.493 e. The Hall–Kier alpha value is -5.63. The van der Waals surface area contributed by atoms with Crippen LogP contribution < -0.4 is 25.4 Å². The zero-order valence-electron chi connectivity index (χ0n) is 28.6. The van der Waals surface area contributed by atoms with Gasteiger partial charge in [-0.05, 0) is 53.9 Å². The molecule has 3 aromatic carbocycles. The number of carbonyl (C=O) groups excluding carboxylic acids is 4. The van der Waals surface area contributed by atoms with E-state index in [1.165, 1.54) is 24.0 Å². The average Bonchev–Trinajstić information content (AvgIpc) is 3.11. The highest BCUT2D eigenvalue weighted by Gasteiger charge is 2.26. The predicted octanol–water partition coefficient (Wildman–Crippen LogP) is 2.96. The van der Waals surface area contributed by atoms with Crippen LogP contribution in [0.4, 0.5) is 16.2 Å².